The van der Waals surface area contributed by atoms with Crippen LogP contribution in [0.25, 0.3) is 0 Å². The number of halogens is 2. The second-order valence-corrected chi connectivity index (χ2v) is 7.73. The van der Waals surface area contributed by atoms with Gasteiger partial charge in [0, 0.05) is 23.8 Å². The number of alkyl halides is 2. The van der Waals surface area contributed by atoms with Crippen LogP contribution in [0.5, 0.6) is 0 Å². The summed E-state index contributed by atoms with van der Waals surface area (Å²) in [5, 5.41) is 0. The van der Waals surface area contributed by atoms with Gasteiger partial charge in [0.1, 0.15) is 4.75 Å². The molecule has 1 rings (SSSR count). The van der Waals surface area contributed by atoms with E-state index in [-0.39, 0.29) is 16.4 Å². The van der Waals surface area contributed by atoms with Crippen molar-refractivity contribution in [3.63, 3.8) is 0 Å². The maximum absolute atomic E-state index is 13.3. The number of rotatable bonds is 4. The lowest BCUT2D eigenvalue weighted by molar-refractivity contribution is 0.0174. The minimum atomic E-state index is -2.86. The Bertz CT molecular complexity index is 426. The van der Waals surface area contributed by atoms with E-state index in [9.17, 15) is 13.3 Å². The highest BCUT2D eigenvalue weighted by Gasteiger charge is 2.29. The lowest BCUT2D eigenvalue weighted by Gasteiger charge is -2.26. The Hall–Kier alpha value is -0.650. The van der Waals surface area contributed by atoms with Crippen molar-refractivity contribution in [3.05, 3.63) is 35.4 Å². The van der Waals surface area contributed by atoms with E-state index in [1.165, 1.54) is 12.1 Å². The number of nitrogens with one attached hydrogen (secondary N) is 1. The lowest BCUT2D eigenvalue weighted by Crippen LogP contribution is -2.40. The molecule has 0 aliphatic rings. The third-order valence-corrected chi connectivity index (χ3v) is 4.41. The summed E-state index contributed by atoms with van der Waals surface area (Å²) in [4.78, 5) is 0. The first-order chi connectivity index (χ1) is 8.51. The zero-order valence-electron chi connectivity index (χ0n) is 12.0. The maximum atomic E-state index is 13.3. The first-order valence-electron chi connectivity index (χ1n) is 6.18. The largest absolute Gasteiger partial charge is 0.598 e. The van der Waals surface area contributed by atoms with Crippen molar-refractivity contribution in [1.29, 1.82) is 0 Å². The molecule has 1 aromatic rings. The molecule has 0 heterocycles. The van der Waals surface area contributed by atoms with E-state index in [4.69, 9.17) is 0 Å². The van der Waals surface area contributed by atoms with Crippen LogP contribution in [0.3, 0.4) is 0 Å². The number of hydrogen-bond acceptors (Lipinski definition) is 2. The quantitative estimate of drug-likeness (QED) is 0.853. The van der Waals surface area contributed by atoms with Crippen LogP contribution in [0.15, 0.2) is 24.3 Å². The van der Waals surface area contributed by atoms with Crippen molar-refractivity contribution >= 4 is 11.4 Å². The number of benzene rings is 1. The third-order valence-electron chi connectivity index (χ3n) is 2.73. The molecule has 2 nitrogen and oxygen atoms in total. The first kappa shape index (κ1) is 16.4. The summed E-state index contributed by atoms with van der Waals surface area (Å²) in [6.45, 7) is 8.27. The normalized spacial score (nSPS) is 16.2. The average Bonchev–Trinajstić information content (AvgIpc) is 2.26. The van der Waals surface area contributed by atoms with Gasteiger partial charge in [-0.3, -0.25) is 0 Å². The van der Waals surface area contributed by atoms with Crippen LogP contribution in [-0.2, 0) is 17.3 Å². The molecule has 1 N–H and O–H groups in total. The van der Waals surface area contributed by atoms with Crippen molar-refractivity contribution < 1.29 is 13.3 Å². The zero-order valence-corrected chi connectivity index (χ0v) is 12.8. The Labute approximate surface area is 116 Å². The van der Waals surface area contributed by atoms with Crippen LogP contribution in [0.1, 0.15) is 51.8 Å². The Balaban J connectivity index is 2.86. The van der Waals surface area contributed by atoms with Gasteiger partial charge < -0.3 is 4.55 Å². The molecule has 0 saturated heterocycles. The van der Waals surface area contributed by atoms with Crippen molar-refractivity contribution in [3.8, 4) is 0 Å². The van der Waals surface area contributed by atoms with Gasteiger partial charge in [-0.25, -0.2) is 8.78 Å². The van der Waals surface area contributed by atoms with Crippen LogP contribution in [0.4, 0.5) is 8.78 Å². The van der Waals surface area contributed by atoms with Gasteiger partial charge >= 0.3 is 0 Å². The molecule has 1 aromatic carbocycles. The smallest absolute Gasteiger partial charge is 0.270 e. The number of hydrogen-bond donors (Lipinski definition) is 1. The summed E-state index contributed by atoms with van der Waals surface area (Å²) in [7, 11) is 0. The van der Waals surface area contributed by atoms with E-state index in [1.54, 1.807) is 12.1 Å². The Morgan fingerprint density at radius 3 is 2.26 bits per heavy atom. The monoisotopic (exact) mass is 289 g/mol. The Morgan fingerprint density at radius 1 is 1.21 bits per heavy atom. The molecular weight excluding hydrogens is 268 g/mol. The van der Waals surface area contributed by atoms with Crippen LogP contribution >= 0.6 is 0 Å². The second-order valence-electron chi connectivity index (χ2n) is 5.73. The molecule has 2 atom stereocenters. The fourth-order valence-corrected chi connectivity index (χ4v) is 2.30. The molecule has 0 fully saturated rings. The van der Waals surface area contributed by atoms with E-state index in [1.807, 2.05) is 27.7 Å². The van der Waals surface area contributed by atoms with E-state index in [0.717, 1.165) is 6.92 Å². The highest BCUT2D eigenvalue weighted by Crippen LogP contribution is 2.29. The molecule has 19 heavy (non-hydrogen) atoms. The molecule has 0 saturated carbocycles. The topological polar surface area (TPSA) is 35.1 Å². The molecule has 5 heteroatoms. The summed E-state index contributed by atoms with van der Waals surface area (Å²) >= 11 is -1.23. The van der Waals surface area contributed by atoms with Gasteiger partial charge in [0.2, 0.25) is 0 Å². The molecule has 0 amide bonds. The molecule has 0 bridgehead atoms. The van der Waals surface area contributed by atoms with Crippen LogP contribution in [0, 0.1) is 0 Å². The van der Waals surface area contributed by atoms with E-state index < -0.39 is 17.3 Å². The van der Waals surface area contributed by atoms with Crippen LogP contribution < -0.4 is 4.72 Å². The van der Waals surface area contributed by atoms with Gasteiger partial charge in [-0.2, -0.15) is 0 Å². The second kappa shape index (κ2) is 5.77. The van der Waals surface area contributed by atoms with Gasteiger partial charge in [-0.05, 0) is 39.3 Å². The minimum Gasteiger partial charge on any atom is -0.598 e. The van der Waals surface area contributed by atoms with Gasteiger partial charge in [0.15, 0.2) is 0 Å². The fraction of sp³-hybridized carbons (Fsp3) is 0.571. The van der Waals surface area contributed by atoms with Crippen molar-refractivity contribution in [1.82, 2.24) is 4.72 Å². The van der Waals surface area contributed by atoms with Gasteiger partial charge in [-0.1, -0.05) is 18.2 Å². The highest BCUT2D eigenvalue weighted by atomic mass is 32.2. The minimum absolute atomic E-state index is 0.0276. The zero-order chi connectivity index (χ0) is 14.8. The van der Waals surface area contributed by atoms with Gasteiger partial charge in [0.25, 0.3) is 5.92 Å². The molecule has 0 spiro atoms. The standard InChI is InChI=1S/C14H21F2NOS/c1-10(17-19(18)13(2,3)4)11-7-6-8-12(9-11)14(5,15)16/h6-10,17H,1-5H3/t10-,19?/m1/s1. The Morgan fingerprint density at radius 2 is 1.79 bits per heavy atom. The molecule has 0 aliphatic heterocycles. The van der Waals surface area contributed by atoms with E-state index in [0.29, 0.717) is 5.56 Å². The maximum Gasteiger partial charge on any atom is 0.270 e. The summed E-state index contributed by atoms with van der Waals surface area (Å²) in [6, 6.07) is 5.96. The average molecular weight is 289 g/mol. The van der Waals surface area contributed by atoms with Crippen molar-refractivity contribution in [2.45, 2.75) is 51.3 Å². The summed E-state index contributed by atoms with van der Waals surface area (Å²) < 4.78 is 41.1. The third kappa shape index (κ3) is 4.75. The molecular formula is C14H21F2NOS. The Kier molecular flexibility index (Phi) is 4.98. The van der Waals surface area contributed by atoms with E-state index >= 15 is 0 Å². The predicted molar refractivity (Wildman–Crippen MR) is 75.5 cm³/mol. The van der Waals surface area contributed by atoms with Crippen LogP contribution in [0.2, 0.25) is 0 Å². The fourth-order valence-electron chi connectivity index (χ4n) is 1.49. The lowest BCUT2D eigenvalue weighted by atomic mass is 10.0. The molecule has 0 aliphatic carbocycles. The molecule has 108 valence electrons. The highest BCUT2D eigenvalue weighted by molar-refractivity contribution is 7.90. The van der Waals surface area contributed by atoms with Crippen molar-refractivity contribution in [2.24, 2.45) is 0 Å². The SMILES string of the molecule is C[C@@H](N[S+]([O-])C(C)(C)C)c1cccc(C(C)(F)F)c1. The first-order valence-corrected chi connectivity index (χ1v) is 7.33. The van der Waals surface area contributed by atoms with Crippen molar-refractivity contribution in [2.75, 3.05) is 0 Å². The van der Waals surface area contributed by atoms with Crippen LogP contribution in [-0.4, -0.2) is 9.30 Å². The van der Waals surface area contributed by atoms with Gasteiger partial charge in [-0.15, -0.1) is 4.72 Å². The van der Waals surface area contributed by atoms with E-state index in [2.05, 4.69) is 4.72 Å². The summed E-state index contributed by atoms with van der Waals surface area (Å²) in [5.41, 5.74) is 0.678. The molecule has 0 radical (unpaired) electrons. The van der Waals surface area contributed by atoms with Gasteiger partial charge in [0.05, 0.1) is 6.04 Å². The molecule has 0 aromatic heterocycles. The predicted octanol–water partition coefficient (Wildman–Crippen LogP) is 3.91. The summed E-state index contributed by atoms with van der Waals surface area (Å²) in [5.74, 6) is -2.86. The molecule has 1 unspecified atom stereocenters. The summed E-state index contributed by atoms with van der Waals surface area (Å²) in [6.07, 6.45) is 0.